The van der Waals surface area contributed by atoms with E-state index in [9.17, 15) is 14.3 Å². The largest absolute Gasteiger partial charge is 0.494 e. The quantitative estimate of drug-likeness (QED) is 0.383. The smallest absolute Gasteiger partial charge is 0.265 e. The molecule has 146 valence electrons. The Morgan fingerprint density at radius 3 is 2.72 bits per heavy atom. The molecule has 0 radical (unpaired) electrons. The zero-order valence-corrected chi connectivity index (χ0v) is 16.1. The molecule has 0 aliphatic carbocycles. The second kappa shape index (κ2) is 6.68. The average Bonchev–Trinajstić information content (AvgIpc) is 3.09. The summed E-state index contributed by atoms with van der Waals surface area (Å²) in [5, 5.41) is 14.2. The fraction of sp³-hybridized carbons (Fsp3) is 0.143. The first-order valence-electron chi connectivity index (χ1n) is 9.32. The molecule has 29 heavy (non-hydrogen) atoms. The summed E-state index contributed by atoms with van der Waals surface area (Å²) in [5.41, 5.74) is 2.74. The van der Waals surface area contributed by atoms with E-state index >= 15 is 0 Å². The molecule has 5 N–H and O–H groups in total. The van der Waals surface area contributed by atoms with Gasteiger partial charge in [-0.05, 0) is 36.0 Å². The zero-order chi connectivity index (χ0) is 20.1. The van der Waals surface area contributed by atoms with Gasteiger partial charge in [-0.1, -0.05) is 30.3 Å². The van der Waals surface area contributed by atoms with Gasteiger partial charge in [-0.25, -0.2) is 4.39 Å². The lowest BCUT2D eigenvalue weighted by atomic mass is 9.95. The van der Waals surface area contributed by atoms with E-state index in [4.69, 9.17) is 12.2 Å². The van der Waals surface area contributed by atoms with Crippen molar-refractivity contribution in [2.75, 3.05) is 6.54 Å². The van der Waals surface area contributed by atoms with Gasteiger partial charge in [0.15, 0.2) is 10.8 Å². The van der Waals surface area contributed by atoms with Crippen molar-refractivity contribution < 1.29 is 14.8 Å². The van der Waals surface area contributed by atoms with Gasteiger partial charge in [0.25, 0.3) is 5.56 Å². The number of nitrogens with one attached hydrogen (secondary N) is 2. The van der Waals surface area contributed by atoms with Gasteiger partial charge in [0, 0.05) is 17.3 Å². The molecular weight excluding hydrogens is 391 g/mol. The van der Waals surface area contributed by atoms with E-state index < -0.39 is 17.4 Å². The minimum Gasteiger partial charge on any atom is -0.494 e. The standard InChI is InChI=1S/C21H17FN4O2S/c22-13-6-2-4-8-15(13)26-20(28)16(19(27)25-21(26)29)18-17-12(9-10-23-18)11-5-1-3-7-14(11)24-17/h1-8,18,23-24,28H,9-10H2,(H,25,27,29)/p+1/t18-/m0/s1. The van der Waals surface area contributed by atoms with Crippen LogP contribution < -0.4 is 10.9 Å². The summed E-state index contributed by atoms with van der Waals surface area (Å²) in [4.78, 5) is 18.8. The van der Waals surface area contributed by atoms with Crippen LogP contribution >= 0.6 is 12.2 Å². The summed E-state index contributed by atoms with van der Waals surface area (Å²) in [6, 6.07) is 13.5. The van der Waals surface area contributed by atoms with Crippen LogP contribution in [0.2, 0.25) is 0 Å². The predicted molar refractivity (Wildman–Crippen MR) is 109 cm³/mol. The Kier molecular flexibility index (Phi) is 4.11. The van der Waals surface area contributed by atoms with E-state index in [0.29, 0.717) is 0 Å². The van der Waals surface area contributed by atoms with Crippen molar-refractivity contribution in [2.24, 2.45) is 0 Å². The number of rotatable bonds is 2. The fourth-order valence-electron chi connectivity index (χ4n) is 4.21. The Bertz CT molecular complexity index is 1370. The fourth-order valence-corrected chi connectivity index (χ4v) is 4.48. The first kappa shape index (κ1) is 17.8. The molecule has 3 heterocycles. The van der Waals surface area contributed by atoms with E-state index in [0.717, 1.165) is 35.1 Å². The maximum Gasteiger partial charge on any atom is 0.265 e. The van der Waals surface area contributed by atoms with Gasteiger partial charge in [0.05, 0.1) is 17.9 Å². The predicted octanol–water partition coefficient (Wildman–Crippen LogP) is 2.43. The van der Waals surface area contributed by atoms with E-state index in [2.05, 4.69) is 9.97 Å². The van der Waals surface area contributed by atoms with Crippen molar-refractivity contribution in [1.82, 2.24) is 14.5 Å². The molecule has 2 aromatic carbocycles. The minimum atomic E-state index is -0.546. The molecule has 0 saturated heterocycles. The van der Waals surface area contributed by atoms with Gasteiger partial charge in [-0.2, -0.15) is 0 Å². The number of para-hydroxylation sites is 2. The highest BCUT2D eigenvalue weighted by Gasteiger charge is 2.34. The lowest BCUT2D eigenvalue weighted by Crippen LogP contribution is -2.87. The topological polar surface area (TPSA) is 90.4 Å². The van der Waals surface area contributed by atoms with Gasteiger partial charge in [-0.15, -0.1) is 0 Å². The van der Waals surface area contributed by atoms with Crippen molar-refractivity contribution in [3.8, 4) is 11.6 Å². The van der Waals surface area contributed by atoms with Crippen molar-refractivity contribution in [1.29, 1.82) is 0 Å². The summed E-state index contributed by atoms with van der Waals surface area (Å²) in [5.74, 6) is -0.896. The lowest BCUT2D eigenvalue weighted by Gasteiger charge is -2.22. The van der Waals surface area contributed by atoms with Crippen molar-refractivity contribution in [3.63, 3.8) is 0 Å². The molecule has 2 aromatic heterocycles. The second-order valence-corrected chi connectivity index (χ2v) is 7.48. The van der Waals surface area contributed by atoms with E-state index in [1.807, 2.05) is 29.6 Å². The molecule has 1 atom stereocenters. The normalized spacial score (nSPS) is 16.1. The van der Waals surface area contributed by atoms with Crippen molar-refractivity contribution in [2.45, 2.75) is 12.5 Å². The molecule has 0 saturated carbocycles. The number of nitrogens with zero attached hydrogens (tertiary/aromatic N) is 1. The van der Waals surface area contributed by atoms with Crippen LogP contribution in [0.15, 0.2) is 53.3 Å². The molecule has 1 aliphatic rings. The minimum absolute atomic E-state index is 0.0611. The molecule has 0 bridgehead atoms. The molecule has 4 aromatic rings. The number of H-pyrrole nitrogens is 2. The number of aromatic nitrogens is 3. The third-order valence-electron chi connectivity index (χ3n) is 5.48. The molecule has 0 unspecified atom stereocenters. The summed E-state index contributed by atoms with van der Waals surface area (Å²) in [6.07, 6.45) is 0.848. The molecule has 8 heteroatoms. The van der Waals surface area contributed by atoms with E-state index in [-0.39, 0.29) is 21.9 Å². The van der Waals surface area contributed by atoms with Crippen LogP contribution in [0.25, 0.3) is 16.6 Å². The van der Waals surface area contributed by atoms with Crippen LogP contribution in [0, 0.1) is 10.6 Å². The molecule has 0 fully saturated rings. The lowest BCUT2D eigenvalue weighted by molar-refractivity contribution is -0.690. The van der Waals surface area contributed by atoms with Gasteiger partial charge in [0.2, 0.25) is 5.88 Å². The SMILES string of the molecule is O=c1[nH]c(=S)n(-c2ccccc2F)c(O)c1[C@@H]1[NH2+]CCc2c1[nH]c1ccccc21. The van der Waals surface area contributed by atoms with E-state index in [1.165, 1.54) is 16.7 Å². The number of hydrogen-bond acceptors (Lipinski definition) is 3. The number of quaternary nitrogens is 1. The molecule has 0 spiro atoms. The highest BCUT2D eigenvalue weighted by molar-refractivity contribution is 7.71. The maximum absolute atomic E-state index is 14.4. The maximum atomic E-state index is 14.4. The molecule has 0 amide bonds. The van der Waals surface area contributed by atoms with Crippen LogP contribution in [0.1, 0.15) is 22.9 Å². The summed E-state index contributed by atoms with van der Waals surface area (Å²) in [7, 11) is 0. The zero-order valence-electron chi connectivity index (χ0n) is 15.3. The average molecular weight is 409 g/mol. The number of fused-ring (bicyclic) bond motifs is 3. The summed E-state index contributed by atoms with van der Waals surface area (Å²) >= 11 is 5.22. The first-order valence-corrected chi connectivity index (χ1v) is 9.73. The number of nitrogens with two attached hydrogens (primary N) is 1. The van der Waals surface area contributed by atoms with Gasteiger partial charge >= 0.3 is 0 Å². The van der Waals surface area contributed by atoms with Crippen LogP contribution in [0.4, 0.5) is 4.39 Å². The monoisotopic (exact) mass is 409 g/mol. The Balaban J connectivity index is 1.77. The first-order chi connectivity index (χ1) is 14.1. The van der Waals surface area contributed by atoms with Crippen LogP contribution in [-0.2, 0) is 6.42 Å². The third kappa shape index (κ3) is 2.72. The number of halogens is 1. The number of hydrogen-bond donors (Lipinski definition) is 4. The van der Waals surface area contributed by atoms with Crippen LogP contribution in [-0.4, -0.2) is 26.2 Å². The summed E-state index contributed by atoms with van der Waals surface area (Å²) < 4.78 is 15.5. The van der Waals surface area contributed by atoms with Gasteiger partial charge < -0.3 is 15.4 Å². The molecular formula is C21H18FN4O2S+. The highest BCUT2D eigenvalue weighted by Crippen LogP contribution is 2.33. The molecule has 1 aliphatic heterocycles. The van der Waals surface area contributed by atoms with Crippen LogP contribution in [0.5, 0.6) is 5.88 Å². The Labute approximate surface area is 169 Å². The van der Waals surface area contributed by atoms with Crippen molar-refractivity contribution in [3.05, 3.63) is 86.3 Å². The third-order valence-corrected chi connectivity index (χ3v) is 5.76. The number of aromatic amines is 2. The second-order valence-electron chi connectivity index (χ2n) is 7.10. The highest BCUT2D eigenvalue weighted by atomic mass is 32.1. The van der Waals surface area contributed by atoms with E-state index in [1.54, 1.807) is 12.1 Å². The Morgan fingerprint density at radius 1 is 1.14 bits per heavy atom. The summed E-state index contributed by atoms with van der Waals surface area (Å²) in [6.45, 7) is 0.758. The van der Waals surface area contributed by atoms with Gasteiger partial charge in [-0.3, -0.25) is 14.3 Å². The molecule has 6 nitrogen and oxygen atoms in total. The van der Waals surface area contributed by atoms with Crippen LogP contribution in [0.3, 0.4) is 0 Å². The molecule has 5 rings (SSSR count). The van der Waals surface area contributed by atoms with Crippen molar-refractivity contribution >= 4 is 23.1 Å². The number of aromatic hydroxyl groups is 1. The Morgan fingerprint density at radius 2 is 1.90 bits per heavy atom. The van der Waals surface area contributed by atoms with Gasteiger partial charge in [0.1, 0.15) is 11.4 Å². The number of benzene rings is 2. The Hall–Kier alpha value is -3.23.